The fourth-order valence-corrected chi connectivity index (χ4v) is 12.1. The molecule has 6 atom stereocenters. The van der Waals surface area contributed by atoms with Gasteiger partial charge in [0.2, 0.25) is 0 Å². The average molecular weight is 389 g/mol. The molecule has 0 radical (unpaired) electrons. The number of fused-ring (bicyclic) bond motifs is 5. The van der Waals surface area contributed by atoms with Crippen LogP contribution in [0.1, 0.15) is 92.4 Å². The predicted molar refractivity (Wildman–Crippen MR) is 118 cm³/mol. The average Bonchev–Trinajstić information content (AvgIpc) is 2.86. The molecule has 4 rings (SSSR count). The van der Waals surface area contributed by atoms with Crippen LogP contribution in [-0.4, -0.2) is 18.4 Å². The molecule has 1 unspecified atom stereocenters. The van der Waals surface area contributed by atoms with E-state index in [1.54, 1.807) is 5.57 Å². The minimum absolute atomic E-state index is 0.132. The Labute approximate surface area is 169 Å². The van der Waals surface area contributed by atoms with E-state index in [1.165, 1.54) is 51.4 Å². The molecule has 0 aromatic rings. The second-order valence-corrected chi connectivity index (χ2v) is 18.3. The Hall–Kier alpha value is -0.0831. The summed E-state index contributed by atoms with van der Waals surface area (Å²) in [5.74, 6) is 2.42. The Balaban J connectivity index is 1.71. The molecule has 2 heteroatoms. The molecule has 0 aromatic heterocycles. The molecule has 3 fully saturated rings. The standard InChI is InChI=1S/C25H44OSi/c1-22(2,3)27(6,7)25(26)17-14-21-19-12-11-18-10-8-9-15-23(18,4)20(19)13-16-24(21,25)5/h11,19-21,26H,8-10,12-17H2,1-7H3/t19-,20-,21+,23+,24+,25?/m1/s1. The van der Waals surface area contributed by atoms with Crippen molar-refractivity contribution in [1.82, 2.24) is 0 Å². The monoisotopic (exact) mass is 388 g/mol. The highest BCUT2D eigenvalue weighted by atomic mass is 28.3. The Morgan fingerprint density at radius 2 is 1.67 bits per heavy atom. The zero-order valence-corrected chi connectivity index (χ0v) is 20.1. The van der Waals surface area contributed by atoms with Crippen molar-refractivity contribution in [2.24, 2.45) is 28.6 Å². The van der Waals surface area contributed by atoms with Crippen LogP contribution in [0.5, 0.6) is 0 Å². The van der Waals surface area contributed by atoms with Gasteiger partial charge in [0.1, 0.15) is 0 Å². The summed E-state index contributed by atoms with van der Waals surface area (Å²) < 4.78 is 0. The highest BCUT2D eigenvalue weighted by Crippen LogP contribution is 2.69. The minimum atomic E-state index is -1.85. The molecular formula is C25H44OSi. The van der Waals surface area contributed by atoms with Crippen LogP contribution < -0.4 is 0 Å². The normalized spacial score (nSPS) is 47.7. The summed E-state index contributed by atoms with van der Waals surface area (Å²) in [4.78, 5) is 0. The highest BCUT2D eigenvalue weighted by Gasteiger charge is 2.69. The van der Waals surface area contributed by atoms with Crippen LogP contribution >= 0.6 is 0 Å². The van der Waals surface area contributed by atoms with Crippen molar-refractivity contribution in [3.63, 3.8) is 0 Å². The van der Waals surface area contributed by atoms with Gasteiger partial charge in [-0.3, -0.25) is 0 Å². The van der Waals surface area contributed by atoms with Crippen LogP contribution in [0, 0.1) is 28.6 Å². The molecule has 4 aliphatic carbocycles. The van der Waals surface area contributed by atoms with Gasteiger partial charge in [0.25, 0.3) is 0 Å². The molecule has 1 nitrogen and oxygen atoms in total. The molecule has 0 aliphatic heterocycles. The fourth-order valence-electron chi connectivity index (χ4n) is 8.36. The topological polar surface area (TPSA) is 20.2 Å². The Morgan fingerprint density at radius 3 is 2.33 bits per heavy atom. The van der Waals surface area contributed by atoms with Crippen molar-refractivity contribution < 1.29 is 5.11 Å². The van der Waals surface area contributed by atoms with Gasteiger partial charge in [-0.15, -0.1) is 0 Å². The van der Waals surface area contributed by atoms with E-state index in [0.29, 0.717) is 5.41 Å². The van der Waals surface area contributed by atoms with Crippen molar-refractivity contribution in [3.05, 3.63) is 11.6 Å². The maximum Gasteiger partial charge on any atom is 0.0911 e. The van der Waals surface area contributed by atoms with Crippen LogP contribution in [0.3, 0.4) is 0 Å². The predicted octanol–water partition coefficient (Wildman–Crippen LogP) is 7.12. The summed E-state index contributed by atoms with van der Waals surface area (Å²) >= 11 is 0. The van der Waals surface area contributed by atoms with Gasteiger partial charge in [0.05, 0.1) is 13.3 Å². The Bertz CT molecular complexity index is 643. The Kier molecular flexibility index (Phi) is 4.47. The summed E-state index contributed by atoms with van der Waals surface area (Å²) in [6.45, 7) is 17.2. The number of hydrogen-bond acceptors (Lipinski definition) is 1. The number of rotatable bonds is 1. The first-order valence-electron chi connectivity index (χ1n) is 11.8. The van der Waals surface area contributed by atoms with Crippen molar-refractivity contribution in [3.8, 4) is 0 Å². The SMILES string of the molecule is CC(C)(C)[Si](C)(C)C1(O)CC[C@H]2[C@@H]3CC=C4CCCC[C@]4(C)[C@@H]3CC[C@@]21C. The van der Waals surface area contributed by atoms with E-state index in [1.807, 2.05) is 0 Å². The lowest BCUT2D eigenvalue weighted by Crippen LogP contribution is -2.67. The zero-order chi connectivity index (χ0) is 19.9. The summed E-state index contributed by atoms with van der Waals surface area (Å²) in [5.41, 5.74) is 2.41. The minimum Gasteiger partial charge on any atom is -0.393 e. The molecule has 0 heterocycles. The first kappa shape index (κ1) is 20.2. The molecule has 0 saturated heterocycles. The first-order valence-corrected chi connectivity index (χ1v) is 14.8. The van der Waals surface area contributed by atoms with Gasteiger partial charge in [0.15, 0.2) is 0 Å². The molecule has 3 saturated carbocycles. The summed E-state index contributed by atoms with van der Waals surface area (Å²) in [6.07, 6.45) is 14.5. The molecule has 1 N–H and O–H groups in total. The van der Waals surface area contributed by atoms with Gasteiger partial charge < -0.3 is 5.11 Å². The molecule has 0 amide bonds. The molecule has 27 heavy (non-hydrogen) atoms. The van der Waals surface area contributed by atoms with E-state index in [9.17, 15) is 5.11 Å². The van der Waals surface area contributed by atoms with E-state index >= 15 is 0 Å². The third-order valence-electron chi connectivity index (χ3n) is 11.1. The van der Waals surface area contributed by atoms with E-state index in [0.717, 1.165) is 24.2 Å². The third-order valence-corrected chi connectivity index (χ3v) is 17.7. The summed E-state index contributed by atoms with van der Waals surface area (Å²) in [5, 5.41) is 12.2. The van der Waals surface area contributed by atoms with Crippen molar-refractivity contribution in [1.29, 1.82) is 0 Å². The van der Waals surface area contributed by atoms with Crippen molar-refractivity contribution in [2.75, 3.05) is 0 Å². The largest absolute Gasteiger partial charge is 0.393 e. The van der Waals surface area contributed by atoms with Crippen LogP contribution in [0.4, 0.5) is 0 Å². The van der Waals surface area contributed by atoms with E-state index in [2.05, 4.69) is 53.8 Å². The number of allylic oxidation sites excluding steroid dienone is 2. The molecule has 0 spiro atoms. The maximum absolute atomic E-state index is 12.3. The van der Waals surface area contributed by atoms with Crippen LogP contribution in [-0.2, 0) is 0 Å². The molecular weight excluding hydrogens is 344 g/mol. The number of hydrogen-bond donors (Lipinski definition) is 1. The van der Waals surface area contributed by atoms with Crippen LogP contribution in [0.25, 0.3) is 0 Å². The zero-order valence-electron chi connectivity index (χ0n) is 19.1. The Morgan fingerprint density at radius 1 is 1.00 bits per heavy atom. The van der Waals surface area contributed by atoms with Crippen LogP contribution in [0.2, 0.25) is 18.1 Å². The third kappa shape index (κ3) is 2.44. The lowest BCUT2D eigenvalue weighted by atomic mass is 9.48. The van der Waals surface area contributed by atoms with Gasteiger partial charge in [0, 0.05) is 0 Å². The van der Waals surface area contributed by atoms with E-state index < -0.39 is 13.3 Å². The molecule has 0 aromatic carbocycles. The van der Waals surface area contributed by atoms with E-state index in [-0.39, 0.29) is 10.5 Å². The van der Waals surface area contributed by atoms with Crippen molar-refractivity contribution >= 4 is 8.07 Å². The lowest BCUT2D eigenvalue weighted by molar-refractivity contribution is -0.0895. The van der Waals surface area contributed by atoms with Gasteiger partial charge >= 0.3 is 0 Å². The van der Waals surface area contributed by atoms with Crippen LogP contribution in [0.15, 0.2) is 11.6 Å². The van der Waals surface area contributed by atoms with Gasteiger partial charge in [-0.25, -0.2) is 0 Å². The molecule has 154 valence electrons. The molecule has 0 bridgehead atoms. The van der Waals surface area contributed by atoms with Gasteiger partial charge in [-0.2, -0.15) is 0 Å². The molecule has 4 aliphatic rings. The maximum atomic E-state index is 12.3. The smallest absolute Gasteiger partial charge is 0.0911 e. The fraction of sp³-hybridized carbons (Fsp3) is 0.920. The second-order valence-electron chi connectivity index (χ2n) is 12.7. The first-order chi connectivity index (χ1) is 12.4. The van der Waals surface area contributed by atoms with Gasteiger partial charge in [-0.1, -0.05) is 65.8 Å². The van der Waals surface area contributed by atoms with E-state index in [4.69, 9.17) is 0 Å². The quantitative estimate of drug-likeness (QED) is 0.374. The van der Waals surface area contributed by atoms with Crippen molar-refractivity contribution in [2.45, 2.75) is 116 Å². The summed E-state index contributed by atoms with van der Waals surface area (Å²) in [7, 11) is -1.85. The lowest BCUT2D eigenvalue weighted by Gasteiger charge is -2.62. The van der Waals surface area contributed by atoms with Gasteiger partial charge in [-0.05, 0) is 85.0 Å². The number of aliphatic hydroxyl groups is 1. The second kappa shape index (κ2) is 5.97. The highest BCUT2D eigenvalue weighted by molar-refractivity contribution is 6.83. The summed E-state index contributed by atoms with van der Waals surface area (Å²) in [6, 6.07) is 0.